The van der Waals surface area contributed by atoms with Gasteiger partial charge in [-0.1, -0.05) is 29.8 Å². The Morgan fingerprint density at radius 1 is 1.05 bits per heavy atom. The lowest BCUT2D eigenvalue weighted by molar-refractivity contribution is -0.385. The maximum atomic E-state index is 10.8. The van der Waals surface area contributed by atoms with E-state index in [2.05, 4.69) is 0 Å². The van der Waals surface area contributed by atoms with Gasteiger partial charge in [-0.05, 0) is 37.1 Å². The first kappa shape index (κ1) is 13.2. The van der Waals surface area contributed by atoms with Crippen LogP contribution in [0.1, 0.15) is 28.4 Å². The third-order valence-corrected chi connectivity index (χ3v) is 3.13. The molecule has 0 saturated carbocycles. The summed E-state index contributed by atoms with van der Waals surface area (Å²) in [6.07, 6.45) is -0.764. The predicted octanol–water partition coefficient (Wildman–Crippen LogP) is 3.29. The lowest BCUT2D eigenvalue weighted by atomic mass is 9.98. The molecule has 0 aliphatic rings. The normalized spacial score (nSPS) is 12.2. The van der Waals surface area contributed by atoms with Crippen molar-refractivity contribution < 1.29 is 10.0 Å². The quantitative estimate of drug-likeness (QED) is 0.677. The van der Waals surface area contributed by atoms with Gasteiger partial charge < -0.3 is 5.11 Å². The minimum absolute atomic E-state index is 0.0693. The molecule has 2 aromatic carbocycles. The molecule has 0 fully saturated rings. The second kappa shape index (κ2) is 5.20. The lowest BCUT2D eigenvalue weighted by Crippen LogP contribution is -2.01. The van der Waals surface area contributed by atoms with Crippen molar-refractivity contribution in [2.75, 3.05) is 0 Å². The molecule has 4 nitrogen and oxygen atoms in total. The van der Waals surface area contributed by atoms with Gasteiger partial charge >= 0.3 is 0 Å². The first-order chi connectivity index (χ1) is 8.99. The van der Waals surface area contributed by atoms with Crippen LogP contribution in [0.15, 0.2) is 42.5 Å². The van der Waals surface area contributed by atoms with Gasteiger partial charge in [0.1, 0.15) is 6.10 Å². The minimum Gasteiger partial charge on any atom is -0.384 e. The Morgan fingerprint density at radius 2 is 1.63 bits per heavy atom. The highest BCUT2D eigenvalue weighted by Crippen LogP contribution is 2.26. The van der Waals surface area contributed by atoms with Crippen LogP contribution in [-0.4, -0.2) is 10.0 Å². The molecule has 0 spiro atoms. The number of aliphatic hydroxyl groups excluding tert-OH is 1. The largest absolute Gasteiger partial charge is 0.384 e. The van der Waals surface area contributed by atoms with Crippen molar-refractivity contribution >= 4 is 5.69 Å². The molecule has 0 heterocycles. The van der Waals surface area contributed by atoms with Crippen LogP contribution in [0.25, 0.3) is 0 Å². The monoisotopic (exact) mass is 257 g/mol. The Hall–Kier alpha value is -2.20. The van der Waals surface area contributed by atoms with Crippen molar-refractivity contribution in [2.24, 2.45) is 0 Å². The number of benzene rings is 2. The van der Waals surface area contributed by atoms with Gasteiger partial charge in [0.2, 0.25) is 0 Å². The number of nitro groups is 1. The number of aliphatic hydroxyl groups is 1. The molecular weight excluding hydrogens is 242 g/mol. The Labute approximate surface area is 111 Å². The molecule has 98 valence electrons. The maximum absolute atomic E-state index is 10.8. The van der Waals surface area contributed by atoms with Crippen molar-refractivity contribution in [2.45, 2.75) is 20.0 Å². The molecule has 1 atom stereocenters. The Balaban J connectivity index is 2.34. The van der Waals surface area contributed by atoms with E-state index in [9.17, 15) is 15.2 Å². The van der Waals surface area contributed by atoms with Crippen molar-refractivity contribution in [1.82, 2.24) is 0 Å². The van der Waals surface area contributed by atoms with Gasteiger partial charge in [-0.25, -0.2) is 0 Å². The van der Waals surface area contributed by atoms with E-state index in [0.29, 0.717) is 11.1 Å². The summed E-state index contributed by atoms with van der Waals surface area (Å²) in [6.45, 7) is 3.65. The SMILES string of the molecule is Cc1ccc([C@H](O)c2ccc([N+](=O)[O-])c(C)c2)cc1. The summed E-state index contributed by atoms with van der Waals surface area (Å²) in [5.41, 5.74) is 3.18. The molecule has 0 amide bonds. The number of aryl methyl sites for hydroxylation is 2. The molecule has 0 aliphatic heterocycles. The van der Waals surface area contributed by atoms with Crippen molar-refractivity contribution in [1.29, 1.82) is 0 Å². The fourth-order valence-corrected chi connectivity index (χ4v) is 1.99. The highest BCUT2D eigenvalue weighted by Gasteiger charge is 2.15. The van der Waals surface area contributed by atoms with Gasteiger partial charge in [-0.2, -0.15) is 0 Å². The van der Waals surface area contributed by atoms with E-state index in [0.717, 1.165) is 11.1 Å². The molecule has 4 heteroatoms. The topological polar surface area (TPSA) is 63.4 Å². The van der Waals surface area contributed by atoms with Gasteiger partial charge in [0, 0.05) is 11.6 Å². The van der Waals surface area contributed by atoms with Crippen LogP contribution in [0, 0.1) is 24.0 Å². The summed E-state index contributed by atoms with van der Waals surface area (Å²) in [5.74, 6) is 0. The Morgan fingerprint density at radius 3 is 2.16 bits per heavy atom. The molecule has 0 saturated heterocycles. The first-order valence-corrected chi connectivity index (χ1v) is 5.98. The van der Waals surface area contributed by atoms with Gasteiger partial charge in [-0.15, -0.1) is 0 Å². The standard InChI is InChI=1S/C15H15NO3/c1-10-3-5-12(6-4-10)15(17)13-7-8-14(16(18)19)11(2)9-13/h3-9,15,17H,1-2H3/t15-/m0/s1. The van der Waals surface area contributed by atoms with E-state index in [4.69, 9.17) is 0 Å². The molecule has 2 rings (SSSR count). The lowest BCUT2D eigenvalue weighted by Gasteiger charge is -2.12. The van der Waals surface area contributed by atoms with E-state index < -0.39 is 11.0 Å². The highest BCUT2D eigenvalue weighted by molar-refractivity contribution is 5.44. The molecular formula is C15H15NO3. The van der Waals surface area contributed by atoms with Crippen LogP contribution >= 0.6 is 0 Å². The Kier molecular flexibility index (Phi) is 3.62. The third kappa shape index (κ3) is 2.80. The van der Waals surface area contributed by atoms with Gasteiger partial charge in [-0.3, -0.25) is 10.1 Å². The van der Waals surface area contributed by atoms with Crippen molar-refractivity contribution in [3.8, 4) is 0 Å². The molecule has 19 heavy (non-hydrogen) atoms. The van der Waals surface area contributed by atoms with Crippen molar-refractivity contribution in [3.05, 3.63) is 74.8 Å². The van der Waals surface area contributed by atoms with Crippen LogP contribution in [0.3, 0.4) is 0 Å². The smallest absolute Gasteiger partial charge is 0.272 e. The molecule has 0 bridgehead atoms. The zero-order chi connectivity index (χ0) is 14.0. The zero-order valence-corrected chi connectivity index (χ0v) is 10.8. The van der Waals surface area contributed by atoms with Crippen molar-refractivity contribution in [3.63, 3.8) is 0 Å². The minimum atomic E-state index is -0.764. The molecule has 0 aromatic heterocycles. The molecule has 0 aliphatic carbocycles. The van der Waals surface area contributed by atoms with E-state index >= 15 is 0 Å². The summed E-state index contributed by atoms with van der Waals surface area (Å²) in [6, 6.07) is 12.3. The zero-order valence-electron chi connectivity index (χ0n) is 10.8. The summed E-state index contributed by atoms with van der Waals surface area (Å²) in [7, 11) is 0. The number of rotatable bonds is 3. The molecule has 0 radical (unpaired) electrons. The number of nitro benzene ring substituents is 1. The summed E-state index contributed by atoms with van der Waals surface area (Å²) < 4.78 is 0. The van der Waals surface area contributed by atoms with Gasteiger partial charge in [0.25, 0.3) is 5.69 Å². The third-order valence-electron chi connectivity index (χ3n) is 3.13. The summed E-state index contributed by atoms with van der Waals surface area (Å²) >= 11 is 0. The maximum Gasteiger partial charge on any atom is 0.272 e. The highest BCUT2D eigenvalue weighted by atomic mass is 16.6. The summed E-state index contributed by atoms with van der Waals surface area (Å²) in [4.78, 5) is 10.3. The van der Waals surface area contributed by atoms with Gasteiger partial charge in [0.15, 0.2) is 0 Å². The average Bonchev–Trinajstić information content (AvgIpc) is 2.38. The fourth-order valence-electron chi connectivity index (χ4n) is 1.99. The fraction of sp³-hybridized carbons (Fsp3) is 0.200. The summed E-state index contributed by atoms with van der Waals surface area (Å²) in [5, 5.41) is 21.0. The second-order valence-electron chi connectivity index (χ2n) is 4.62. The molecule has 2 aromatic rings. The molecule has 1 N–H and O–H groups in total. The predicted molar refractivity (Wildman–Crippen MR) is 73.1 cm³/mol. The number of hydrogen-bond donors (Lipinski definition) is 1. The average molecular weight is 257 g/mol. The number of nitrogens with zero attached hydrogens (tertiary/aromatic N) is 1. The van der Waals surface area contributed by atoms with Crippen LogP contribution < -0.4 is 0 Å². The van der Waals surface area contributed by atoms with Crippen LogP contribution in [-0.2, 0) is 0 Å². The first-order valence-electron chi connectivity index (χ1n) is 5.98. The second-order valence-corrected chi connectivity index (χ2v) is 4.62. The van der Waals surface area contributed by atoms with E-state index in [-0.39, 0.29) is 5.69 Å². The van der Waals surface area contributed by atoms with Crippen LogP contribution in [0.5, 0.6) is 0 Å². The molecule has 0 unspecified atom stereocenters. The van der Waals surface area contributed by atoms with Crippen LogP contribution in [0.4, 0.5) is 5.69 Å². The van der Waals surface area contributed by atoms with E-state index in [1.165, 1.54) is 6.07 Å². The van der Waals surface area contributed by atoms with Crippen LogP contribution in [0.2, 0.25) is 0 Å². The Bertz CT molecular complexity index is 605. The number of hydrogen-bond acceptors (Lipinski definition) is 3. The van der Waals surface area contributed by atoms with Gasteiger partial charge in [0.05, 0.1) is 4.92 Å². The van der Waals surface area contributed by atoms with E-state index in [1.54, 1.807) is 19.1 Å². The van der Waals surface area contributed by atoms with E-state index in [1.807, 2.05) is 31.2 Å².